The maximum Gasteiger partial charge on any atom is 0.269 e. The van der Waals surface area contributed by atoms with Gasteiger partial charge in [-0.2, -0.15) is 5.10 Å². The van der Waals surface area contributed by atoms with E-state index < -0.39 is 0 Å². The maximum atomic E-state index is 14.8. The maximum absolute atomic E-state index is 14.8. The molecule has 0 spiro atoms. The summed E-state index contributed by atoms with van der Waals surface area (Å²) >= 11 is 0. The number of aromatic amines is 1. The molecule has 0 aliphatic heterocycles. The Morgan fingerprint density at radius 1 is 1.00 bits per heavy atom. The molecule has 5 rings (SSSR count). The Kier molecular flexibility index (Phi) is 3.72. The Morgan fingerprint density at radius 2 is 1.86 bits per heavy atom. The van der Waals surface area contributed by atoms with Crippen molar-refractivity contribution in [1.29, 1.82) is 0 Å². The number of aromatic nitrogens is 5. The van der Waals surface area contributed by atoms with Crippen LogP contribution in [0, 0.1) is 5.82 Å². The van der Waals surface area contributed by atoms with E-state index in [1.165, 1.54) is 16.8 Å². The summed E-state index contributed by atoms with van der Waals surface area (Å²) in [5.41, 5.74) is 3.87. The van der Waals surface area contributed by atoms with Crippen LogP contribution < -0.4 is 5.56 Å². The number of H-pyrrole nitrogens is 1. The molecule has 3 aromatic heterocycles. The predicted octanol–water partition coefficient (Wildman–Crippen LogP) is 3.52. The molecule has 3 heterocycles. The number of hydrogen-bond donors (Lipinski definition) is 1. The highest BCUT2D eigenvalue weighted by Crippen LogP contribution is 2.25. The molecule has 6 nitrogen and oxygen atoms in total. The van der Waals surface area contributed by atoms with Gasteiger partial charge in [-0.25, -0.2) is 9.37 Å². The predicted molar refractivity (Wildman–Crippen MR) is 104 cm³/mol. The zero-order chi connectivity index (χ0) is 19.1. The molecular weight excluding hydrogens is 357 g/mol. The molecule has 0 aliphatic rings. The third-order valence-electron chi connectivity index (χ3n) is 4.81. The summed E-state index contributed by atoms with van der Waals surface area (Å²) in [4.78, 5) is 20.4. The lowest BCUT2D eigenvalue weighted by atomic mass is 10.0. The molecule has 0 radical (unpaired) electrons. The van der Waals surface area contributed by atoms with Gasteiger partial charge in [0.1, 0.15) is 5.82 Å². The number of hydrogen-bond acceptors (Lipinski definition) is 4. The molecule has 2 aromatic carbocycles. The summed E-state index contributed by atoms with van der Waals surface area (Å²) in [7, 11) is 0. The molecule has 0 saturated heterocycles. The van der Waals surface area contributed by atoms with E-state index in [0.29, 0.717) is 16.6 Å². The minimum Gasteiger partial charge on any atom is -0.299 e. The van der Waals surface area contributed by atoms with E-state index in [9.17, 15) is 9.18 Å². The summed E-state index contributed by atoms with van der Waals surface area (Å²) in [5.74, 6) is -0.372. The summed E-state index contributed by atoms with van der Waals surface area (Å²) in [6.07, 6.45) is 6.16. The molecule has 5 aromatic rings. The minimum atomic E-state index is -0.372. The topological polar surface area (TPSA) is 76.5 Å². The summed E-state index contributed by atoms with van der Waals surface area (Å²) in [6, 6.07) is 12.6. The van der Waals surface area contributed by atoms with E-state index in [1.54, 1.807) is 30.7 Å². The SMILES string of the molecule is O=c1cnc2ccncc2n1Cc1ccc(-c2ccc3cn[nH]c3c2)cc1F. The van der Waals surface area contributed by atoms with E-state index in [1.807, 2.05) is 24.3 Å². The van der Waals surface area contributed by atoms with Gasteiger partial charge in [-0.05, 0) is 29.3 Å². The van der Waals surface area contributed by atoms with Crippen LogP contribution in [0.25, 0.3) is 33.1 Å². The highest BCUT2D eigenvalue weighted by atomic mass is 19.1. The van der Waals surface area contributed by atoms with Crippen LogP contribution in [0.15, 0.2) is 72.0 Å². The van der Waals surface area contributed by atoms with Gasteiger partial charge in [0.05, 0.1) is 41.7 Å². The van der Waals surface area contributed by atoms with Crippen LogP contribution in [0.4, 0.5) is 4.39 Å². The van der Waals surface area contributed by atoms with Gasteiger partial charge in [0.15, 0.2) is 0 Å². The average Bonchev–Trinajstić information content (AvgIpc) is 3.19. The largest absolute Gasteiger partial charge is 0.299 e. The first-order valence-electron chi connectivity index (χ1n) is 8.70. The number of halogens is 1. The molecule has 0 fully saturated rings. The molecule has 136 valence electrons. The third kappa shape index (κ3) is 2.73. The van der Waals surface area contributed by atoms with Crippen molar-refractivity contribution in [2.75, 3.05) is 0 Å². The molecule has 28 heavy (non-hydrogen) atoms. The van der Waals surface area contributed by atoms with Crippen molar-refractivity contribution in [3.8, 4) is 11.1 Å². The summed E-state index contributed by atoms with van der Waals surface area (Å²) in [5, 5.41) is 7.92. The number of fused-ring (bicyclic) bond motifs is 2. The van der Waals surface area contributed by atoms with Gasteiger partial charge in [-0.1, -0.05) is 24.3 Å². The normalized spacial score (nSPS) is 11.3. The minimum absolute atomic E-state index is 0.106. The quantitative estimate of drug-likeness (QED) is 0.526. The van der Waals surface area contributed by atoms with Crippen LogP contribution in [0.1, 0.15) is 5.56 Å². The van der Waals surface area contributed by atoms with Gasteiger partial charge < -0.3 is 0 Å². The Bertz CT molecular complexity index is 1390. The van der Waals surface area contributed by atoms with Gasteiger partial charge in [-0.15, -0.1) is 0 Å². The van der Waals surface area contributed by atoms with E-state index >= 15 is 0 Å². The fourth-order valence-corrected chi connectivity index (χ4v) is 3.31. The monoisotopic (exact) mass is 371 g/mol. The van der Waals surface area contributed by atoms with Gasteiger partial charge in [0, 0.05) is 17.1 Å². The van der Waals surface area contributed by atoms with Crippen LogP contribution in [-0.2, 0) is 6.54 Å². The van der Waals surface area contributed by atoms with Gasteiger partial charge in [0.25, 0.3) is 5.56 Å². The second kappa shape index (κ2) is 6.38. The zero-order valence-corrected chi connectivity index (χ0v) is 14.6. The van der Waals surface area contributed by atoms with Gasteiger partial charge >= 0.3 is 0 Å². The second-order valence-corrected chi connectivity index (χ2v) is 6.53. The Labute approximate surface area is 158 Å². The Morgan fingerprint density at radius 3 is 2.75 bits per heavy atom. The number of nitrogens with one attached hydrogen (secondary N) is 1. The highest BCUT2D eigenvalue weighted by Gasteiger charge is 2.10. The molecule has 0 saturated carbocycles. The fraction of sp³-hybridized carbons (Fsp3) is 0.0476. The first kappa shape index (κ1) is 16.3. The Balaban J connectivity index is 1.54. The van der Waals surface area contributed by atoms with E-state index in [0.717, 1.165) is 22.0 Å². The fourth-order valence-electron chi connectivity index (χ4n) is 3.31. The smallest absolute Gasteiger partial charge is 0.269 e. The highest BCUT2D eigenvalue weighted by molar-refractivity contribution is 5.83. The van der Waals surface area contributed by atoms with Crippen molar-refractivity contribution >= 4 is 21.9 Å². The van der Waals surface area contributed by atoms with Crippen molar-refractivity contribution in [3.05, 3.63) is 89.0 Å². The lowest BCUT2D eigenvalue weighted by molar-refractivity contribution is 0.599. The summed E-state index contributed by atoms with van der Waals surface area (Å²) in [6.45, 7) is 0.106. The van der Waals surface area contributed by atoms with Crippen LogP contribution in [-0.4, -0.2) is 24.7 Å². The lowest BCUT2D eigenvalue weighted by Gasteiger charge is -2.11. The first-order valence-corrected chi connectivity index (χ1v) is 8.70. The van der Waals surface area contributed by atoms with Crippen molar-refractivity contribution in [3.63, 3.8) is 0 Å². The molecule has 0 bridgehead atoms. The number of rotatable bonds is 3. The van der Waals surface area contributed by atoms with Gasteiger partial charge in [0.2, 0.25) is 0 Å². The van der Waals surface area contributed by atoms with Crippen molar-refractivity contribution in [2.45, 2.75) is 6.54 Å². The van der Waals surface area contributed by atoms with Crippen LogP contribution >= 0.6 is 0 Å². The standard InChI is InChI=1S/C21H14FN5O/c22-17-7-13(14-1-3-15-9-25-26-19(15)8-14)2-4-16(17)12-27-20-10-23-6-5-18(20)24-11-21(27)28/h1-11H,12H2,(H,25,26). The molecule has 0 atom stereocenters. The third-order valence-corrected chi connectivity index (χ3v) is 4.81. The van der Waals surface area contributed by atoms with E-state index in [4.69, 9.17) is 0 Å². The zero-order valence-electron chi connectivity index (χ0n) is 14.6. The lowest BCUT2D eigenvalue weighted by Crippen LogP contribution is -2.21. The molecule has 7 heteroatoms. The summed E-state index contributed by atoms with van der Waals surface area (Å²) < 4.78 is 16.3. The van der Waals surface area contributed by atoms with Crippen LogP contribution in [0.5, 0.6) is 0 Å². The Hall–Kier alpha value is -3.87. The van der Waals surface area contributed by atoms with E-state index in [2.05, 4.69) is 20.2 Å². The molecular formula is C21H14FN5O. The molecule has 0 unspecified atom stereocenters. The van der Waals surface area contributed by atoms with E-state index in [-0.39, 0.29) is 17.9 Å². The molecule has 0 amide bonds. The number of nitrogens with zero attached hydrogens (tertiary/aromatic N) is 4. The molecule has 0 aliphatic carbocycles. The van der Waals surface area contributed by atoms with Crippen LogP contribution in [0.2, 0.25) is 0 Å². The van der Waals surface area contributed by atoms with Crippen molar-refractivity contribution in [2.24, 2.45) is 0 Å². The van der Waals surface area contributed by atoms with Crippen LogP contribution in [0.3, 0.4) is 0 Å². The first-order chi connectivity index (χ1) is 13.7. The van der Waals surface area contributed by atoms with Crippen molar-refractivity contribution in [1.82, 2.24) is 24.7 Å². The van der Waals surface area contributed by atoms with Gasteiger partial charge in [-0.3, -0.25) is 19.4 Å². The van der Waals surface area contributed by atoms with Crippen molar-refractivity contribution < 1.29 is 4.39 Å². The number of pyridine rings is 1. The molecule has 1 N–H and O–H groups in total. The second-order valence-electron chi connectivity index (χ2n) is 6.53. The average molecular weight is 371 g/mol. The number of benzene rings is 2.